The molecule has 7 nitrogen and oxygen atoms in total. The van der Waals surface area contributed by atoms with Gasteiger partial charge < -0.3 is 9.47 Å². The summed E-state index contributed by atoms with van der Waals surface area (Å²) >= 11 is 0. The number of urea groups is 1. The van der Waals surface area contributed by atoms with E-state index >= 15 is 0 Å². The van der Waals surface area contributed by atoms with Crippen LogP contribution in [0.3, 0.4) is 0 Å². The smallest absolute Gasteiger partial charge is 0.335 e. The van der Waals surface area contributed by atoms with Crippen molar-refractivity contribution in [3.8, 4) is 11.5 Å². The van der Waals surface area contributed by atoms with Crippen molar-refractivity contribution >= 4 is 40.4 Å². The molecule has 0 aliphatic carbocycles. The van der Waals surface area contributed by atoms with Gasteiger partial charge in [-0.05, 0) is 72.2 Å². The third-order valence-corrected chi connectivity index (χ3v) is 5.59. The molecule has 0 unspecified atom stereocenters. The zero-order valence-corrected chi connectivity index (χ0v) is 18.2. The van der Waals surface area contributed by atoms with Gasteiger partial charge in [0, 0.05) is 5.56 Å². The number of anilines is 1. The first-order valence-electron chi connectivity index (χ1n) is 9.97. The Labute approximate surface area is 185 Å². The van der Waals surface area contributed by atoms with Gasteiger partial charge in [0.2, 0.25) is 0 Å². The van der Waals surface area contributed by atoms with Gasteiger partial charge in [-0.25, -0.2) is 9.69 Å². The fraction of sp³-hybridized carbons (Fsp3) is 0.160. The van der Waals surface area contributed by atoms with E-state index in [9.17, 15) is 14.4 Å². The molecule has 1 saturated heterocycles. The molecular weight excluding hydrogens is 408 g/mol. The summed E-state index contributed by atoms with van der Waals surface area (Å²) < 4.78 is 10.8. The molecule has 3 aromatic rings. The molecule has 0 radical (unpaired) electrons. The fourth-order valence-electron chi connectivity index (χ4n) is 3.66. The second kappa shape index (κ2) is 8.19. The zero-order valence-electron chi connectivity index (χ0n) is 18.2. The molecule has 1 aliphatic rings. The van der Waals surface area contributed by atoms with Gasteiger partial charge in [-0.2, -0.15) is 0 Å². The van der Waals surface area contributed by atoms with E-state index in [1.54, 1.807) is 25.3 Å². The molecule has 4 amide bonds. The molecule has 4 rings (SSSR count). The van der Waals surface area contributed by atoms with Crippen molar-refractivity contribution in [2.45, 2.75) is 13.8 Å². The lowest BCUT2D eigenvalue weighted by molar-refractivity contribution is -0.122. The van der Waals surface area contributed by atoms with Crippen LogP contribution in [0.1, 0.15) is 16.7 Å². The van der Waals surface area contributed by atoms with Crippen LogP contribution in [-0.2, 0) is 9.59 Å². The van der Waals surface area contributed by atoms with Crippen LogP contribution >= 0.6 is 0 Å². The van der Waals surface area contributed by atoms with Crippen molar-refractivity contribution in [2.24, 2.45) is 0 Å². The van der Waals surface area contributed by atoms with Crippen LogP contribution in [0.15, 0.2) is 54.1 Å². The first-order chi connectivity index (χ1) is 15.3. The fourth-order valence-corrected chi connectivity index (χ4v) is 3.66. The lowest BCUT2D eigenvalue weighted by atomic mass is 9.99. The number of carbonyl (C=O) groups is 3. The maximum Gasteiger partial charge on any atom is 0.335 e. The van der Waals surface area contributed by atoms with Gasteiger partial charge in [-0.3, -0.25) is 14.9 Å². The van der Waals surface area contributed by atoms with Crippen molar-refractivity contribution in [3.63, 3.8) is 0 Å². The van der Waals surface area contributed by atoms with Crippen LogP contribution in [-0.4, -0.2) is 32.1 Å². The van der Waals surface area contributed by atoms with Crippen molar-refractivity contribution in [1.82, 2.24) is 5.32 Å². The Kier molecular flexibility index (Phi) is 5.40. The van der Waals surface area contributed by atoms with Crippen molar-refractivity contribution in [3.05, 3.63) is 70.8 Å². The Balaban J connectivity index is 1.88. The number of imide groups is 2. The highest BCUT2D eigenvalue weighted by Gasteiger charge is 2.37. The number of nitrogens with zero attached hydrogens (tertiary/aromatic N) is 1. The summed E-state index contributed by atoms with van der Waals surface area (Å²) in [4.78, 5) is 39.5. The number of amides is 4. The number of benzene rings is 3. The minimum absolute atomic E-state index is 0.170. The Morgan fingerprint density at radius 1 is 0.875 bits per heavy atom. The number of rotatable bonds is 4. The topological polar surface area (TPSA) is 84.9 Å². The highest BCUT2D eigenvalue weighted by atomic mass is 16.5. The second-order valence-corrected chi connectivity index (χ2v) is 7.49. The van der Waals surface area contributed by atoms with Gasteiger partial charge >= 0.3 is 6.03 Å². The predicted molar refractivity (Wildman–Crippen MR) is 122 cm³/mol. The summed E-state index contributed by atoms with van der Waals surface area (Å²) in [7, 11) is 3.07. The Hall–Kier alpha value is -4.13. The SMILES string of the molecule is COc1ccc2ccc(OC)c(/C=C3\C(=O)NC(=O)N(c4ccc(C)c(C)c4)C3=O)c2c1. The minimum Gasteiger partial charge on any atom is -0.497 e. The molecule has 0 aromatic heterocycles. The first-order valence-corrected chi connectivity index (χ1v) is 9.97. The average Bonchev–Trinajstić information content (AvgIpc) is 2.78. The number of hydrogen-bond acceptors (Lipinski definition) is 5. The molecule has 7 heteroatoms. The summed E-state index contributed by atoms with van der Waals surface area (Å²) in [5.74, 6) is -0.365. The van der Waals surface area contributed by atoms with Crippen LogP contribution in [0.5, 0.6) is 11.5 Å². The van der Waals surface area contributed by atoms with Crippen LogP contribution in [0.25, 0.3) is 16.8 Å². The maximum absolute atomic E-state index is 13.3. The molecular formula is C25H22N2O5. The first kappa shape index (κ1) is 21.1. The molecule has 0 atom stereocenters. The number of methoxy groups -OCH3 is 2. The van der Waals surface area contributed by atoms with E-state index in [1.165, 1.54) is 13.2 Å². The summed E-state index contributed by atoms with van der Waals surface area (Å²) in [6, 6.07) is 13.6. The third kappa shape index (κ3) is 3.58. The molecule has 162 valence electrons. The Bertz CT molecular complexity index is 1300. The minimum atomic E-state index is -0.785. The number of barbiturate groups is 1. The molecule has 0 saturated carbocycles. The monoisotopic (exact) mass is 430 g/mol. The normalized spacial score (nSPS) is 15.3. The molecule has 0 spiro atoms. The largest absolute Gasteiger partial charge is 0.497 e. The summed E-state index contributed by atoms with van der Waals surface area (Å²) in [5, 5.41) is 3.89. The maximum atomic E-state index is 13.3. The number of nitrogens with one attached hydrogen (secondary N) is 1. The lowest BCUT2D eigenvalue weighted by Crippen LogP contribution is -2.54. The molecule has 3 aromatic carbocycles. The lowest BCUT2D eigenvalue weighted by Gasteiger charge is -2.27. The Morgan fingerprint density at radius 3 is 2.31 bits per heavy atom. The number of hydrogen-bond donors (Lipinski definition) is 1. The summed E-state index contributed by atoms with van der Waals surface area (Å²) in [5.41, 5.74) is 2.71. The average molecular weight is 430 g/mol. The number of aryl methyl sites for hydroxylation is 2. The molecule has 0 bridgehead atoms. The van der Waals surface area contributed by atoms with E-state index in [2.05, 4.69) is 5.32 Å². The van der Waals surface area contributed by atoms with Crippen LogP contribution < -0.4 is 19.7 Å². The highest BCUT2D eigenvalue weighted by Crippen LogP contribution is 2.33. The molecule has 1 aliphatic heterocycles. The van der Waals surface area contributed by atoms with Crippen molar-refractivity contribution in [1.29, 1.82) is 0 Å². The summed E-state index contributed by atoms with van der Waals surface area (Å²) in [6.45, 7) is 3.83. The van der Waals surface area contributed by atoms with Crippen LogP contribution in [0.4, 0.5) is 10.5 Å². The Morgan fingerprint density at radius 2 is 1.62 bits per heavy atom. The number of ether oxygens (including phenoxy) is 2. The molecule has 32 heavy (non-hydrogen) atoms. The van der Waals surface area contributed by atoms with E-state index in [0.29, 0.717) is 22.7 Å². The molecule has 1 N–H and O–H groups in total. The van der Waals surface area contributed by atoms with Gasteiger partial charge in [0.25, 0.3) is 11.8 Å². The van der Waals surface area contributed by atoms with Gasteiger partial charge in [0.15, 0.2) is 0 Å². The third-order valence-electron chi connectivity index (χ3n) is 5.59. The van der Waals surface area contributed by atoms with E-state index in [-0.39, 0.29) is 5.57 Å². The molecule has 1 fully saturated rings. The number of carbonyl (C=O) groups excluding carboxylic acids is 3. The van der Waals surface area contributed by atoms with Crippen LogP contribution in [0, 0.1) is 13.8 Å². The molecule has 1 heterocycles. The predicted octanol–water partition coefficient (Wildman–Crippen LogP) is 4.14. The number of fused-ring (bicyclic) bond motifs is 1. The standard InChI is InChI=1S/C25H22N2O5/c1-14-5-8-17(11-15(14)2)27-24(29)21(23(28)26-25(27)30)13-20-19-12-18(31-3)9-6-16(19)7-10-22(20)32-4/h5-13H,1-4H3,(H,26,28,30)/b21-13+. The van der Waals surface area contributed by atoms with Crippen molar-refractivity contribution in [2.75, 3.05) is 19.1 Å². The van der Waals surface area contributed by atoms with E-state index in [1.807, 2.05) is 44.2 Å². The van der Waals surface area contributed by atoms with Gasteiger partial charge in [-0.15, -0.1) is 0 Å². The van der Waals surface area contributed by atoms with Crippen LogP contribution in [0.2, 0.25) is 0 Å². The van der Waals surface area contributed by atoms with E-state index in [4.69, 9.17) is 9.47 Å². The summed E-state index contributed by atoms with van der Waals surface area (Å²) in [6.07, 6.45) is 1.46. The quantitative estimate of drug-likeness (QED) is 0.497. The van der Waals surface area contributed by atoms with Gasteiger partial charge in [0.05, 0.1) is 19.9 Å². The van der Waals surface area contributed by atoms with Gasteiger partial charge in [0.1, 0.15) is 17.1 Å². The van der Waals surface area contributed by atoms with E-state index in [0.717, 1.165) is 26.8 Å². The second-order valence-electron chi connectivity index (χ2n) is 7.49. The van der Waals surface area contributed by atoms with E-state index < -0.39 is 17.8 Å². The zero-order chi connectivity index (χ0) is 23.0. The van der Waals surface area contributed by atoms with Crippen molar-refractivity contribution < 1.29 is 23.9 Å². The highest BCUT2D eigenvalue weighted by molar-refractivity contribution is 6.39. The van der Waals surface area contributed by atoms with Gasteiger partial charge in [-0.1, -0.05) is 18.2 Å².